The molecule has 0 spiro atoms. The molecule has 0 fully saturated rings. The standard InChI is InChI=1S/C18H15N3O6/c22-16(19-12-4-3-5-13(10-12)21(24)25)11-26-18(23)9-8-17-20-14-6-1-2-7-15(14)27-17/h1-7,10H,8-9,11H2,(H,19,22). The molecular formula is C18H15N3O6. The predicted molar refractivity (Wildman–Crippen MR) is 95.0 cm³/mol. The van der Waals surface area contributed by atoms with Crippen molar-refractivity contribution in [1.29, 1.82) is 0 Å². The Morgan fingerprint density at radius 2 is 2.00 bits per heavy atom. The minimum absolute atomic E-state index is 0.0108. The number of anilines is 1. The second-order valence-corrected chi connectivity index (χ2v) is 5.59. The second-order valence-electron chi connectivity index (χ2n) is 5.59. The summed E-state index contributed by atoms with van der Waals surface area (Å²) in [4.78, 5) is 38.0. The number of oxazole rings is 1. The van der Waals surface area contributed by atoms with Crippen LogP contribution in [0.2, 0.25) is 0 Å². The van der Waals surface area contributed by atoms with Crippen LogP contribution < -0.4 is 5.32 Å². The number of para-hydroxylation sites is 2. The zero-order valence-electron chi connectivity index (χ0n) is 14.1. The van der Waals surface area contributed by atoms with Gasteiger partial charge >= 0.3 is 5.97 Å². The van der Waals surface area contributed by atoms with Crippen LogP contribution in [0.1, 0.15) is 12.3 Å². The summed E-state index contributed by atoms with van der Waals surface area (Å²) in [6.45, 7) is -0.491. The molecule has 0 atom stereocenters. The van der Waals surface area contributed by atoms with Crippen molar-refractivity contribution < 1.29 is 23.7 Å². The van der Waals surface area contributed by atoms with Crippen LogP contribution in [0.15, 0.2) is 52.9 Å². The number of hydrogen-bond donors (Lipinski definition) is 1. The minimum Gasteiger partial charge on any atom is -0.456 e. The first kappa shape index (κ1) is 18.1. The number of nitrogens with zero attached hydrogens (tertiary/aromatic N) is 2. The van der Waals surface area contributed by atoms with Gasteiger partial charge < -0.3 is 14.5 Å². The molecule has 0 aliphatic carbocycles. The van der Waals surface area contributed by atoms with Gasteiger partial charge in [0.1, 0.15) is 5.52 Å². The molecule has 9 nitrogen and oxygen atoms in total. The Morgan fingerprint density at radius 3 is 2.78 bits per heavy atom. The number of carbonyl (C=O) groups excluding carboxylic acids is 2. The Labute approximate surface area is 153 Å². The van der Waals surface area contributed by atoms with Gasteiger partial charge in [0, 0.05) is 24.2 Å². The predicted octanol–water partition coefficient (Wildman–Crippen LogP) is 2.85. The summed E-state index contributed by atoms with van der Waals surface area (Å²) in [5.41, 5.74) is 1.44. The first-order valence-electron chi connectivity index (χ1n) is 8.05. The summed E-state index contributed by atoms with van der Waals surface area (Å²) in [6, 6.07) is 12.7. The highest BCUT2D eigenvalue weighted by molar-refractivity contribution is 5.93. The van der Waals surface area contributed by atoms with Crippen LogP contribution in [0.4, 0.5) is 11.4 Å². The van der Waals surface area contributed by atoms with E-state index in [2.05, 4.69) is 10.3 Å². The Morgan fingerprint density at radius 1 is 1.19 bits per heavy atom. The monoisotopic (exact) mass is 369 g/mol. The number of rotatable bonds is 7. The van der Waals surface area contributed by atoms with Crippen molar-refractivity contribution in [3.63, 3.8) is 0 Å². The quantitative estimate of drug-likeness (QED) is 0.386. The zero-order valence-corrected chi connectivity index (χ0v) is 14.1. The van der Waals surface area contributed by atoms with E-state index in [4.69, 9.17) is 9.15 Å². The molecule has 0 unspecified atom stereocenters. The van der Waals surface area contributed by atoms with Crippen LogP contribution in [0, 0.1) is 10.1 Å². The SMILES string of the molecule is O=C(COC(=O)CCc1nc2ccccc2o1)Nc1cccc([N+](=O)[O-])c1. The molecule has 0 bridgehead atoms. The smallest absolute Gasteiger partial charge is 0.306 e. The molecule has 0 saturated carbocycles. The van der Waals surface area contributed by atoms with Crippen molar-refractivity contribution in [3.8, 4) is 0 Å². The van der Waals surface area contributed by atoms with Crippen LogP contribution in [0.3, 0.4) is 0 Å². The Kier molecular flexibility index (Phi) is 5.41. The third kappa shape index (κ3) is 4.88. The van der Waals surface area contributed by atoms with Crippen LogP contribution in [-0.4, -0.2) is 28.4 Å². The van der Waals surface area contributed by atoms with Crippen LogP contribution in [0.25, 0.3) is 11.1 Å². The van der Waals surface area contributed by atoms with Crippen LogP contribution in [-0.2, 0) is 20.7 Å². The van der Waals surface area contributed by atoms with Gasteiger partial charge in [-0.3, -0.25) is 19.7 Å². The minimum atomic E-state index is -0.592. The number of nitrogens with one attached hydrogen (secondary N) is 1. The molecule has 0 saturated heterocycles. The van der Waals surface area contributed by atoms with Gasteiger partial charge in [-0.05, 0) is 18.2 Å². The Bertz CT molecular complexity index is 964. The molecule has 1 N–H and O–H groups in total. The van der Waals surface area contributed by atoms with E-state index < -0.39 is 23.4 Å². The summed E-state index contributed by atoms with van der Waals surface area (Å²) < 4.78 is 10.4. The fourth-order valence-corrected chi connectivity index (χ4v) is 2.35. The molecule has 3 rings (SSSR count). The maximum Gasteiger partial charge on any atom is 0.306 e. The fraction of sp³-hybridized carbons (Fsp3) is 0.167. The lowest BCUT2D eigenvalue weighted by molar-refractivity contribution is -0.384. The van der Waals surface area contributed by atoms with Gasteiger partial charge in [0.05, 0.1) is 11.3 Å². The number of aryl methyl sites for hydroxylation is 1. The van der Waals surface area contributed by atoms with E-state index in [-0.39, 0.29) is 24.2 Å². The maximum absolute atomic E-state index is 11.8. The normalized spacial score (nSPS) is 10.5. The van der Waals surface area contributed by atoms with Crippen molar-refractivity contribution in [2.45, 2.75) is 12.8 Å². The van der Waals surface area contributed by atoms with Gasteiger partial charge in [-0.2, -0.15) is 0 Å². The van der Waals surface area contributed by atoms with E-state index in [0.717, 1.165) is 0 Å². The average Bonchev–Trinajstić information content (AvgIpc) is 3.08. The summed E-state index contributed by atoms with van der Waals surface area (Å²) >= 11 is 0. The van der Waals surface area contributed by atoms with E-state index in [9.17, 15) is 19.7 Å². The first-order chi connectivity index (χ1) is 13.0. The van der Waals surface area contributed by atoms with Crippen molar-refractivity contribution in [1.82, 2.24) is 4.98 Å². The van der Waals surface area contributed by atoms with Crippen LogP contribution in [0.5, 0.6) is 0 Å². The maximum atomic E-state index is 11.8. The first-order valence-corrected chi connectivity index (χ1v) is 8.05. The van der Waals surface area contributed by atoms with Gasteiger partial charge in [0.25, 0.3) is 11.6 Å². The lowest BCUT2D eigenvalue weighted by atomic mass is 10.3. The van der Waals surface area contributed by atoms with Gasteiger partial charge in [0.15, 0.2) is 18.1 Å². The number of carbonyl (C=O) groups is 2. The number of fused-ring (bicyclic) bond motifs is 1. The highest BCUT2D eigenvalue weighted by Gasteiger charge is 2.12. The summed E-state index contributed by atoms with van der Waals surface area (Å²) in [7, 11) is 0. The Hall–Kier alpha value is -3.75. The molecule has 1 amide bonds. The van der Waals surface area contributed by atoms with Gasteiger partial charge in [-0.1, -0.05) is 18.2 Å². The number of amides is 1. The average molecular weight is 369 g/mol. The fourth-order valence-electron chi connectivity index (χ4n) is 2.35. The van der Waals surface area contributed by atoms with E-state index in [1.54, 1.807) is 12.1 Å². The lowest BCUT2D eigenvalue weighted by Gasteiger charge is -2.06. The number of ether oxygens (including phenoxy) is 1. The van der Waals surface area contributed by atoms with E-state index in [0.29, 0.717) is 17.0 Å². The second kappa shape index (κ2) is 8.09. The summed E-state index contributed by atoms with van der Waals surface area (Å²) in [5, 5.41) is 13.1. The highest BCUT2D eigenvalue weighted by Crippen LogP contribution is 2.17. The third-order valence-electron chi connectivity index (χ3n) is 3.59. The number of nitro benzene ring substituents is 1. The molecule has 9 heteroatoms. The van der Waals surface area contributed by atoms with E-state index >= 15 is 0 Å². The number of non-ortho nitro benzene ring substituents is 1. The summed E-state index contributed by atoms with van der Waals surface area (Å²) in [6.07, 6.45) is 0.261. The highest BCUT2D eigenvalue weighted by atomic mass is 16.6. The molecule has 2 aromatic carbocycles. The van der Waals surface area contributed by atoms with Gasteiger partial charge in [-0.25, -0.2) is 4.98 Å². The van der Waals surface area contributed by atoms with Crippen molar-refractivity contribution in [2.24, 2.45) is 0 Å². The van der Waals surface area contributed by atoms with Gasteiger partial charge in [0.2, 0.25) is 0 Å². The number of nitro groups is 1. The van der Waals surface area contributed by atoms with Crippen molar-refractivity contribution >= 4 is 34.4 Å². The number of aromatic nitrogens is 1. The molecule has 0 radical (unpaired) electrons. The molecule has 27 heavy (non-hydrogen) atoms. The van der Waals surface area contributed by atoms with E-state index in [1.807, 2.05) is 12.1 Å². The molecule has 0 aliphatic heterocycles. The van der Waals surface area contributed by atoms with Gasteiger partial charge in [-0.15, -0.1) is 0 Å². The molecule has 3 aromatic rings. The number of esters is 1. The molecule has 138 valence electrons. The largest absolute Gasteiger partial charge is 0.456 e. The zero-order chi connectivity index (χ0) is 19.2. The van der Waals surface area contributed by atoms with Crippen LogP contribution >= 0.6 is 0 Å². The molecule has 1 heterocycles. The lowest BCUT2D eigenvalue weighted by Crippen LogP contribution is -2.21. The molecule has 0 aliphatic rings. The Balaban J connectivity index is 1.45. The molecule has 1 aromatic heterocycles. The third-order valence-corrected chi connectivity index (χ3v) is 3.59. The summed E-state index contributed by atoms with van der Waals surface area (Å²) in [5.74, 6) is -0.758. The van der Waals surface area contributed by atoms with E-state index in [1.165, 1.54) is 24.3 Å². The molecular weight excluding hydrogens is 354 g/mol. The van der Waals surface area contributed by atoms with Crippen molar-refractivity contribution in [3.05, 3.63) is 64.5 Å². The van der Waals surface area contributed by atoms with Crippen molar-refractivity contribution in [2.75, 3.05) is 11.9 Å². The number of benzene rings is 2. The number of hydrogen-bond acceptors (Lipinski definition) is 7. The topological polar surface area (TPSA) is 125 Å².